The first-order chi connectivity index (χ1) is 8.56. The maximum Gasteiger partial charge on any atom is 0.240 e. The number of sulfonamides is 1. The molecular formula is C12H18ClNO3S. The highest BCUT2D eigenvalue weighted by molar-refractivity contribution is 7.89. The lowest BCUT2D eigenvalue weighted by Crippen LogP contribution is -2.24. The summed E-state index contributed by atoms with van der Waals surface area (Å²) in [5.41, 5.74) is 0. The van der Waals surface area contributed by atoms with Gasteiger partial charge in [-0.15, -0.1) is 0 Å². The minimum Gasteiger partial charge on any atom is -0.396 e. The number of hydrogen-bond acceptors (Lipinski definition) is 3. The van der Waals surface area contributed by atoms with Crippen LogP contribution in [0.15, 0.2) is 29.2 Å². The van der Waals surface area contributed by atoms with Gasteiger partial charge in [0.25, 0.3) is 0 Å². The Balaban J connectivity index is 2.41. The van der Waals surface area contributed by atoms with Gasteiger partial charge in [-0.2, -0.15) is 0 Å². The molecule has 1 aromatic rings. The molecule has 0 radical (unpaired) electrons. The van der Waals surface area contributed by atoms with Crippen LogP contribution in [-0.4, -0.2) is 26.7 Å². The van der Waals surface area contributed by atoms with E-state index in [9.17, 15) is 8.42 Å². The molecule has 102 valence electrons. The second kappa shape index (κ2) is 7.74. The Morgan fingerprint density at radius 1 is 1.17 bits per heavy atom. The van der Waals surface area contributed by atoms with E-state index >= 15 is 0 Å². The normalized spacial score (nSPS) is 11.7. The highest BCUT2D eigenvalue weighted by Crippen LogP contribution is 2.15. The molecule has 0 saturated carbocycles. The van der Waals surface area contributed by atoms with E-state index in [2.05, 4.69) is 4.72 Å². The van der Waals surface area contributed by atoms with Gasteiger partial charge < -0.3 is 5.11 Å². The summed E-state index contributed by atoms with van der Waals surface area (Å²) >= 11 is 5.75. The minimum atomic E-state index is -3.46. The molecule has 1 rings (SSSR count). The topological polar surface area (TPSA) is 66.4 Å². The van der Waals surface area contributed by atoms with Gasteiger partial charge in [0.05, 0.1) is 4.90 Å². The van der Waals surface area contributed by atoms with Gasteiger partial charge in [-0.05, 0) is 31.0 Å². The van der Waals surface area contributed by atoms with Crippen LogP contribution >= 0.6 is 11.6 Å². The van der Waals surface area contributed by atoms with Crippen LogP contribution < -0.4 is 4.72 Å². The molecule has 6 heteroatoms. The maximum absolute atomic E-state index is 11.9. The van der Waals surface area contributed by atoms with Crippen molar-refractivity contribution in [2.75, 3.05) is 13.2 Å². The quantitative estimate of drug-likeness (QED) is 0.722. The summed E-state index contributed by atoms with van der Waals surface area (Å²) in [6, 6.07) is 6.18. The summed E-state index contributed by atoms with van der Waals surface area (Å²) < 4.78 is 26.3. The van der Waals surface area contributed by atoms with E-state index in [0.29, 0.717) is 11.6 Å². The fourth-order valence-electron chi connectivity index (χ4n) is 1.51. The first kappa shape index (κ1) is 15.4. The fourth-order valence-corrected chi connectivity index (χ4v) is 2.89. The Bertz CT molecular complexity index is 462. The molecule has 4 nitrogen and oxygen atoms in total. The zero-order chi connectivity index (χ0) is 13.4. The van der Waals surface area contributed by atoms with Gasteiger partial charge in [-0.25, -0.2) is 13.1 Å². The molecule has 18 heavy (non-hydrogen) atoms. The molecule has 0 amide bonds. The average Bonchev–Trinajstić information content (AvgIpc) is 2.33. The van der Waals surface area contributed by atoms with Crippen LogP contribution in [0.25, 0.3) is 0 Å². The molecule has 1 aromatic carbocycles. The fraction of sp³-hybridized carbons (Fsp3) is 0.500. The van der Waals surface area contributed by atoms with Gasteiger partial charge in [0, 0.05) is 18.2 Å². The first-order valence-corrected chi connectivity index (χ1v) is 7.78. The minimum absolute atomic E-state index is 0.186. The number of hydrogen-bond donors (Lipinski definition) is 2. The molecule has 0 fully saturated rings. The van der Waals surface area contributed by atoms with Crippen molar-refractivity contribution in [2.45, 2.75) is 30.6 Å². The van der Waals surface area contributed by atoms with Gasteiger partial charge in [0.15, 0.2) is 0 Å². The van der Waals surface area contributed by atoms with E-state index in [1.807, 2.05) is 0 Å². The average molecular weight is 292 g/mol. The van der Waals surface area contributed by atoms with E-state index in [4.69, 9.17) is 16.7 Å². The smallest absolute Gasteiger partial charge is 0.240 e. The second-order valence-electron chi connectivity index (χ2n) is 3.99. The largest absolute Gasteiger partial charge is 0.396 e. The molecule has 0 heterocycles. The number of halogens is 1. The van der Waals surface area contributed by atoms with Crippen molar-refractivity contribution in [3.8, 4) is 0 Å². The van der Waals surface area contributed by atoms with Crippen LogP contribution in [0.3, 0.4) is 0 Å². The monoisotopic (exact) mass is 291 g/mol. The van der Waals surface area contributed by atoms with Gasteiger partial charge in [-0.3, -0.25) is 0 Å². The molecule has 0 atom stereocenters. The number of unbranched alkanes of at least 4 members (excludes halogenated alkanes) is 3. The number of aliphatic hydroxyl groups is 1. The van der Waals surface area contributed by atoms with E-state index in [-0.39, 0.29) is 11.5 Å². The van der Waals surface area contributed by atoms with Gasteiger partial charge >= 0.3 is 0 Å². The van der Waals surface area contributed by atoms with Crippen molar-refractivity contribution >= 4 is 21.6 Å². The third-order valence-corrected chi connectivity index (χ3v) is 4.18. The van der Waals surface area contributed by atoms with E-state index in [1.54, 1.807) is 12.1 Å². The number of aliphatic hydroxyl groups excluding tert-OH is 1. The lowest BCUT2D eigenvalue weighted by Gasteiger charge is -2.06. The maximum atomic E-state index is 11.9. The van der Waals surface area contributed by atoms with Crippen molar-refractivity contribution in [3.63, 3.8) is 0 Å². The molecule has 0 aliphatic rings. The highest BCUT2D eigenvalue weighted by Gasteiger charge is 2.12. The lowest BCUT2D eigenvalue weighted by atomic mass is 10.2. The second-order valence-corrected chi connectivity index (χ2v) is 6.20. The Hall–Kier alpha value is -0.620. The Morgan fingerprint density at radius 2 is 1.89 bits per heavy atom. The standard InChI is InChI=1S/C12H18ClNO3S/c13-11-6-5-7-12(10-11)18(16,17)14-8-3-1-2-4-9-15/h5-7,10,14-15H,1-4,8-9H2. The van der Waals surface area contributed by atoms with Crippen molar-refractivity contribution in [1.82, 2.24) is 4.72 Å². The Kier molecular flexibility index (Phi) is 6.63. The third-order valence-electron chi connectivity index (χ3n) is 2.48. The van der Waals surface area contributed by atoms with Gasteiger partial charge in [0.1, 0.15) is 0 Å². The van der Waals surface area contributed by atoms with Crippen LogP contribution in [0.2, 0.25) is 5.02 Å². The van der Waals surface area contributed by atoms with Crippen molar-refractivity contribution in [1.29, 1.82) is 0 Å². The van der Waals surface area contributed by atoms with Crippen molar-refractivity contribution in [3.05, 3.63) is 29.3 Å². The first-order valence-electron chi connectivity index (χ1n) is 5.92. The molecule has 0 saturated heterocycles. The van der Waals surface area contributed by atoms with E-state index in [0.717, 1.165) is 25.7 Å². The summed E-state index contributed by atoms with van der Waals surface area (Å²) in [5, 5.41) is 9.01. The lowest BCUT2D eigenvalue weighted by molar-refractivity contribution is 0.282. The SMILES string of the molecule is O=S(=O)(NCCCCCCO)c1cccc(Cl)c1. The van der Waals surface area contributed by atoms with E-state index in [1.165, 1.54) is 12.1 Å². The summed E-state index contributed by atoms with van der Waals surface area (Å²) in [5.74, 6) is 0. The summed E-state index contributed by atoms with van der Waals surface area (Å²) in [4.78, 5) is 0.186. The summed E-state index contributed by atoms with van der Waals surface area (Å²) in [7, 11) is -3.46. The number of benzene rings is 1. The molecular weight excluding hydrogens is 274 g/mol. The van der Waals surface area contributed by atoms with Crippen LogP contribution in [0.1, 0.15) is 25.7 Å². The zero-order valence-corrected chi connectivity index (χ0v) is 11.7. The summed E-state index contributed by atoms with van der Waals surface area (Å²) in [6.07, 6.45) is 3.34. The molecule has 0 bridgehead atoms. The number of rotatable bonds is 8. The van der Waals surface area contributed by atoms with Crippen molar-refractivity contribution < 1.29 is 13.5 Å². The van der Waals surface area contributed by atoms with Crippen molar-refractivity contribution in [2.24, 2.45) is 0 Å². The zero-order valence-electron chi connectivity index (χ0n) is 10.1. The van der Waals surface area contributed by atoms with Crippen LogP contribution in [0.5, 0.6) is 0 Å². The van der Waals surface area contributed by atoms with Crippen LogP contribution in [0, 0.1) is 0 Å². The molecule has 0 aliphatic heterocycles. The van der Waals surface area contributed by atoms with Crippen LogP contribution in [-0.2, 0) is 10.0 Å². The Labute approximate surface area is 113 Å². The Morgan fingerprint density at radius 3 is 2.56 bits per heavy atom. The molecule has 0 aromatic heterocycles. The summed E-state index contributed by atoms with van der Waals surface area (Å²) in [6.45, 7) is 0.592. The third kappa shape index (κ3) is 5.35. The van der Waals surface area contributed by atoms with Crippen LogP contribution in [0.4, 0.5) is 0 Å². The molecule has 0 unspecified atom stereocenters. The predicted molar refractivity (Wildman–Crippen MR) is 72.2 cm³/mol. The highest BCUT2D eigenvalue weighted by atomic mass is 35.5. The molecule has 2 N–H and O–H groups in total. The van der Waals surface area contributed by atoms with E-state index < -0.39 is 10.0 Å². The molecule has 0 spiro atoms. The predicted octanol–water partition coefficient (Wildman–Crippen LogP) is 2.17. The van der Waals surface area contributed by atoms with Gasteiger partial charge in [0.2, 0.25) is 10.0 Å². The molecule has 0 aliphatic carbocycles. The van der Waals surface area contributed by atoms with Gasteiger partial charge in [-0.1, -0.05) is 30.5 Å². The number of nitrogens with one attached hydrogen (secondary N) is 1.